The molecule has 0 amide bonds. The topological polar surface area (TPSA) is 28.7 Å². The first kappa shape index (κ1) is 6.36. The molecule has 48 valence electrons. The lowest BCUT2D eigenvalue weighted by Gasteiger charge is -1.76. The van der Waals surface area contributed by atoms with Gasteiger partial charge in [0.1, 0.15) is 11.0 Å². The summed E-state index contributed by atoms with van der Waals surface area (Å²) in [6.45, 7) is 5.37. The fraction of sp³-hybridized carbons (Fsp3) is 0.167. The van der Waals surface area contributed by atoms with Crippen LogP contribution in [0.15, 0.2) is 6.58 Å². The van der Waals surface area contributed by atoms with Crippen LogP contribution in [0.5, 0.6) is 0 Å². The molecule has 0 aliphatic heterocycles. The van der Waals surface area contributed by atoms with Gasteiger partial charge in [-0.3, -0.25) is 0 Å². The second kappa shape index (κ2) is 2.23. The van der Waals surface area contributed by atoms with E-state index >= 15 is 0 Å². The largest absolute Gasteiger partial charge is 0.329 e. The number of halogens is 1. The highest BCUT2D eigenvalue weighted by molar-refractivity contribution is 6.30. The van der Waals surface area contributed by atoms with Crippen LogP contribution >= 0.6 is 11.6 Å². The van der Waals surface area contributed by atoms with Gasteiger partial charge < -0.3 is 4.98 Å². The Hall–Kier alpha value is -0.760. The predicted molar refractivity (Wildman–Crippen MR) is 38.4 cm³/mol. The maximum Gasteiger partial charge on any atom is 0.130 e. The number of nitrogens with one attached hydrogen (secondary N) is 1. The first-order valence-corrected chi connectivity index (χ1v) is 2.96. The third-order valence-corrected chi connectivity index (χ3v) is 1.40. The van der Waals surface area contributed by atoms with Gasteiger partial charge in [-0.05, 0) is 13.0 Å². The maximum absolute atomic E-state index is 5.64. The standard InChI is InChI=1S/C6H7ClN2/c1-3-5-8-4(2)6(7)9-5/h3H,1H2,2H3,(H,8,9). The monoisotopic (exact) mass is 142 g/mol. The Bertz CT molecular complexity index is 207. The number of nitrogens with zero attached hydrogens (tertiary/aromatic N) is 1. The Morgan fingerprint density at radius 3 is 2.67 bits per heavy atom. The molecular weight excluding hydrogens is 136 g/mol. The lowest BCUT2D eigenvalue weighted by atomic mass is 10.6. The van der Waals surface area contributed by atoms with E-state index < -0.39 is 0 Å². The van der Waals surface area contributed by atoms with Crippen molar-refractivity contribution in [3.05, 3.63) is 23.3 Å². The summed E-state index contributed by atoms with van der Waals surface area (Å²) >= 11 is 5.64. The van der Waals surface area contributed by atoms with Gasteiger partial charge in [-0.15, -0.1) is 0 Å². The fourth-order valence-corrected chi connectivity index (χ4v) is 0.696. The number of aromatic nitrogens is 2. The van der Waals surface area contributed by atoms with Crippen molar-refractivity contribution in [1.29, 1.82) is 0 Å². The van der Waals surface area contributed by atoms with Gasteiger partial charge in [0.15, 0.2) is 0 Å². The van der Waals surface area contributed by atoms with Crippen LogP contribution in [0, 0.1) is 6.92 Å². The number of aromatic amines is 1. The SMILES string of the molecule is C=Cc1nc(C)c(Cl)[nH]1. The van der Waals surface area contributed by atoms with Crippen molar-refractivity contribution in [2.75, 3.05) is 0 Å². The molecule has 3 heteroatoms. The van der Waals surface area contributed by atoms with Gasteiger partial charge >= 0.3 is 0 Å². The van der Waals surface area contributed by atoms with E-state index in [-0.39, 0.29) is 0 Å². The molecule has 0 saturated carbocycles. The summed E-state index contributed by atoms with van der Waals surface area (Å²) in [5.41, 5.74) is 0.812. The molecule has 0 atom stereocenters. The Balaban J connectivity index is 3.11. The molecule has 1 aromatic heterocycles. The lowest BCUT2D eigenvalue weighted by molar-refractivity contribution is 1.22. The summed E-state index contributed by atoms with van der Waals surface area (Å²) < 4.78 is 0. The third-order valence-electron chi connectivity index (χ3n) is 1.04. The number of aryl methyl sites for hydroxylation is 1. The first-order valence-electron chi connectivity index (χ1n) is 2.58. The van der Waals surface area contributed by atoms with E-state index in [1.54, 1.807) is 6.08 Å². The fourth-order valence-electron chi connectivity index (χ4n) is 0.557. The van der Waals surface area contributed by atoms with Gasteiger partial charge in [0.25, 0.3) is 0 Å². The van der Waals surface area contributed by atoms with Crippen LogP contribution in [0.1, 0.15) is 11.5 Å². The molecule has 0 unspecified atom stereocenters. The Kier molecular flexibility index (Phi) is 1.58. The highest BCUT2D eigenvalue weighted by Gasteiger charge is 1.98. The van der Waals surface area contributed by atoms with Gasteiger partial charge in [0.05, 0.1) is 5.69 Å². The van der Waals surface area contributed by atoms with E-state index in [0.29, 0.717) is 5.15 Å². The Labute approximate surface area is 58.6 Å². The molecule has 0 radical (unpaired) electrons. The molecule has 0 aliphatic rings. The van der Waals surface area contributed by atoms with Crippen LogP contribution in [0.2, 0.25) is 5.15 Å². The van der Waals surface area contributed by atoms with Gasteiger partial charge in [-0.1, -0.05) is 18.2 Å². The summed E-state index contributed by atoms with van der Waals surface area (Å²) in [7, 11) is 0. The molecule has 0 aliphatic carbocycles. The molecule has 2 nitrogen and oxygen atoms in total. The Morgan fingerprint density at radius 2 is 2.44 bits per heavy atom. The van der Waals surface area contributed by atoms with E-state index in [1.165, 1.54) is 0 Å². The van der Waals surface area contributed by atoms with Crippen molar-refractivity contribution >= 4 is 17.7 Å². The maximum atomic E-state index is 5.64. The molecule has 1 heterocycles. The van der Waals surface area contributed by atoms with Crippen molar-refractivity contribution < 1.29 is 0 Å². The third kappa shape index (κ3) is 1.13. The highest BCUT2D eigenvalue weighted by atomic mass is 35.5. The predicted octanol–water partition coefficient (Wildman–Crippen LogP) is 2.01. The van der Waals surface area contributed by atoms with E-state index in [4.69, 9.17) is 11.6 Å². The van der Waals surface area contributed by atoms with Crippen LogP contribution in [-0.2, 0) is 0 Å². The van der Waals surface area contributed by atoms with Crippen LogP contribution < -0.4 is 0 Å². The molecule has 9 heavy (non-hydrogen) atoms. The van der Waals surface area contributed by atoms with Crippen LogP contribution in [0.25, 0.3) is 6.08 Å². The minimum atomic E-state index is 0.588. The van der Waals surface area contributed by atoms with Gasteiger partial charge in [0, 0.05) is 0 Å². The zero-order chi connectivity index (χ0) is 6.85. The smallest absolute Gasteiger partial charge is 0.130 e. The summed E-state index contributed by atoms with van der Waals surface area (Å²) in [5, 5.41) is 0.588. The van der Waals surface area contributed by atoms with Gasteiger partial charge in [-0.25, -0.2) is 4.98 Å². The van der Waals surface area contributed by atoms with Crippen molar-refractivity contribution in [3.8, 4) is 0 Å². The zero-order valence-corrected chi connectivity index (χ0v) is 5.87. The average molecular weight is 143 g/mol. The number of rotatable bonds is 1. The highest BCUT2D eigenvalue weighted by Crippen LogP contribution is 2.10. The Morgan fingerprint density at radius 1 is 1.78 bits per heavy atom. The molecule has 1 aromatic rings. The summed E-state index contributed by atoms with van der Waals surface area (Å²) in [5.74, 6) is 0.720. The van der Waals surface area contributed by atoms with Crippen molar-refractivity contribution in [2.45, 2.75) is 6.92 Å². The van der Waals surface area contributed by atoms with Gasteiger partial charge in [-0.2, -0.15) is 0 Å². The second-order valence-corrected chi connectivity index (χ2v) is 2.10. The second-order valence-electron chi connectivity index (χ2n) is 1.73. The molecule has 1 N–H and O–H groups in total. The minimum absolute atomic E-state index is 0.588. The van der Waals surface area contributed by atoms with Crippen LogP contribution in [0.3, 0.4) is 0 Å². The molecule has 0 fully saturated rings. The van der Waals surface area contributed by atoms with Crippen LogP contribution in [0.4, 0.5) is 0 Å². The van der Waals surface area contributed by atoms with E-state index in [9.17, 15) is 0 Å². The molecular formula is C6H7ClN2. The van der Waals surface area contributed by atoms with Gasteiger partial charge in [0.2, 0.25) is 0 Å². The van der Waals surface area contributed by atoms with Crippen molar-refractivity contribution in [3.63, 3.8) is 0 Å². The number of hydrogen-bond acceptors (Lipinski definition) is 1. The van der Waals surface area contributed by atoms with Crippen molar-refractivity contribution in [1.82, 2.24) is 9.97 Å². The molecule has 1 rings (SSSR count). The van der Waals surface area contributed by atoms with E-state index in [2.05, 4.69) is 16.5 Å². The number of H-pyrrole nitrogens is 1. The normalized spacial score (nSPS) is 9.56. The van der Waals surface area contributed by atoms with Crippen molar-refractivity contribution in [2.24, 2.45) is 0 Å². The minimum Gasteiger partial charge on any atom is -0.329 e. The van der Waals surface area contributed by atoms with E-state index in [0.717, 1.165) is 11.5 Å². The van der Waals surface area contributed by atoms with E-state index in [1.807, 2.05) is 6.92 Å². The zero-order valence-electron chi connectivity index (χ0n) is 5.11. The molecule has 0 aromatic carbocycles. The average Bonchev–Trinajstić information content (AvgIpc) is 2.13. The molecule has 0 spiro atoms. The molecule has 0 bridgehead atoms. The lowest BCUT2D eigenvalue weighted by Crippen LogP contribution is -1.71. The quantitative estimate of drug-likeness (QED) is 0.639. The summed E-state index contributed by atoms with van der Waals surface area (Å²) in [4.78, 5) is 6.85. The van der Waals surface area contributed by atoms with Crippen LogP contribution in [-0.4, -0.2) is 9.97 Å². The summed E-state index contributed by atoms with van der Waals surface area (Å²) in [6.07, 6.45) is 1.62. The number of imidazole rings is 1. The summed E-state index contributed by atoms with van der Waals surface area (Å²) in [6, 6.07) is 0. The molecule has 0 saturated heterocycles. The first-order chi connectivity index (χ1) is 4.24. The number of hydrogen-bond donors (Lipinski definition) is 1.